The molecule has 4 aliphatic carbocycles. The second-order valence-electron chi connectivity index (χ2n) is 8.90. The van der Waals surface area contributed by atoms with Crippen LogP contribution in [0.2, 0.25) is 0 Å². The van der Waals surface area contributed by atoms with Crippen molar-refractivity contribution in [1.82, 2.24) is 0 Å². The van der Waals surface area contributed by atoms with Gasteiger partial charge in [0.15, 0.2) is 0 Å². The van der Waals surface area contributed by atoms with Gasteiger partial charge in [-0.25, -0.2) is 0 Å². The van der Waals surface area contributed by atoms with Crippen molar-refractivity contribution in [2.75, 3.05) is 0 Å². The Morgan fingerprint density at radius 2 is 1.86 bits per heavy atom. The van der Waals surface area contributed by atoms with Crippen molar-refractivity contribution in [1.29, 1.82) is 0 Å². The van der Waals surface area contributed by atoms with Crippen molar-refractivity contribution in [3.8, 4) is 0 Å². The first-order chi connectivity index (χ1) is 10.1. The summed E-state index contributed by atoms with van der Waals surface area (Å²) in [6.07, 6.45) is 16.9. The Balaban J connectivity index is 1.69. The number of hydrogen-bond acceptors (Lipinski definition) is 0. The molecule has 2 saturated carbocycles. The Hall–Kier alpha value is -0.520. The lowest BCUT2D eigenvalue weighted by atomic mass is 9.49. The number of rotatable bonds is 1. The van der Waals surface area contributed by atoms with Gasteiger partial charge in [-0.2, -0.15) is 0 Å². The van der Waals surface area contributed by atoms with Crippen molar-refractivity contribution >= 4 is 0 Å². The topological polar surface area (TPSA) is 0 Å². The molecule has 0 amide bonds. The Kier molecular flexibility index (Phi) is 3.18. The van der Waals surface area contributed by atoms with Gasteiger partial charge in [0, 0.05) is 5.41 Å². The van der Waals surface area contributed by atoms with E-state index in [9.17, 15) is 0 Å². The SMILES string of the molecule is C=C[C@]1(C)CCC2=C1CC[C@H]1[C@H]2CCC2CCCC[C@@]21C. The average molecular weight is 284 g/mol. The van der Waals surface area contributed by atoms with Crippen LogP contribution in [0.4, 0.5) is 0 Å². The van der Waals surface area contributed by atoms with Crippen molar-refractivity contribution in [2.45, 2.75) is 78.1 Å². The lowest BCUT2D eigenvalue weighted by molar-refractivity contribution is -0.0330. The first kappa shape index (κ1) is 14.1. The highest BCUT2D eigenvalue weighted by Crippen LogP contribution is 2.63. The summed E-state index contributed by atoms with van der Waals surface area (Å²) in [7, 11) is 0. The highest BCUT2D eigenvalue weighted by atomic mass is 14.6. The molecule has 0 aromatic rings. The van der Waals surface area contributed by atoms with E-state index < -0.39 is 0 Å². The summed E-state index contributed by atoms with van der Waals surface area (Å²) in [6, 6.07) is 0. The molecular formula is C21H32. The normalized spacial score (nSPS) is 49.3. The highest BCUT2D eigenvalue weighted by Gasteiger charge is 2.53. The second-order valence-corrected chi connectivity index (χ2v) is 8.90. The minimum Gasteiger partial charge on any atom is -0.102 e. The fourth-order valence-electron chi connectivity index (χ4n) is 6.83. The van der Waals surface area contributed by atoms with Crippen LogP contribution in [0.25, 0.3) is 0 Å². The smallest absolute Gasteiger partial charge is 0.00656 e. The summed E-state index contributed by atoms with van der Waals surface area (Å²) < 4.78 is 0. The van der Waals surface area contributed by atoms with E-state index >= 15 is 0 Å². The van der Waals surface area contributed by atoms with E-state index in [-0.39, 0.29) is 0 Å². The van der Waals surface area contributed by atoms with Gasteiger partial charge >= 0.3 is 0 Å². The van der Waals surface area contributed by atoms with Crippen LogP contribution in [-0.4, -0.2) is 0 Å². The molecule has 0 nitrogen and oxygen atoms in total. The summed E-state index contributed by atoms with van der Waals surface area (Å²) >= 11 is 0. The molecule has 5 atom stereocenters. The van der Waals surface area contributed by atoms with E-state index in [1.807, 2.05) is 11.1 Å². The molecule has 0 heterocycles. The Labute approximate surface area is 131 Å². The molecule has 0 aromatic heterocycles. The molecule has 0 aromatic carbocycles. The van der Waals surface area contributed by atoms with Crippen LogP contribution in [0.3, 0.4) is 0 Å². The molecule has 0 bridgehead atoms. The van der Waals surface area contributed by atoms with Crippen molar-refractivity contribution in [2.24, 2.45) is 28.6 Å². The molecule has 0 aliphatic heterocycles. The predicted molar refractivity (Wildman–Crippen MR) is 90.1 cm³/mol. The van der Waals surface area contributed by atoms with Crippen molar-refractivity contribution in [3.63, 3.8) is 0 Å². The minimum absolute atomic E-state index is 0.338. The van der Waals surface area contributed by atoms with Gasteiger partial charge in [-0.1, -0.05) is 43.9 Å². The van der Waals surface area contributed by atoms with Gasteiger partial charge in [-0.3, -0.25) is 0 Å². The lowest BCUT2D eigenvalue weighted by Gasteiger charge is -2.56. The van der Waals surface area contributed by atoms with E-state index in [1.54, 1.807) is 0 Å². The van der Waals surface area contributed by atoms with Crippen LogP contribution in [0.1, 0.15) is 78.1 Å². The summed E-state index contributed by atoms with van der Waals surface area (Å²) in [5.74, 6) is 2.99. The summed E-state index contributed by atoms with van der Waals surface area (Å²) in [4.78, 5) is 0. The minimum atomic E-state index is 0.338. The standard InChI is InChI=1S/C21H32/c1-4-20(2)14-12-17-16-9-8-15-7-5-6-13-21(15,3)19(16)11-10-18(17)20/h4,15-16,19H,1,5-14H2,2-3H3/t15?,16-,19-,20+,21-/m0/s1. The zero-order valence-electron chi connectivity index (χ0n) is 14.1. The third-order valence-electron chi connectivity index (χ3n) is 8.20. The van der Waals surface area contributed by atoms with Crippen LogP contribution >= 0.6 is 0 Å². The quantitative estimate of drug-likeness (QED) is 0.497. The van der Waals surface area contributed by atoms with E-state index in [2.05, 4.69) is 26.5 Å². The molecular weight excluding hydrogens is 252 g/mol. The van der Waals surface area contributed by atoms with Crippen molar-refractivity contribution in [3.05, 3.63) is 23.8 Å². The third kappa shape index (κ3) is 1.87. The molecule has 4 aliphatic rings. The molecule has 2 fully saturated rings. The van der Waals surface area contributed by atoms with Gasteiger partial charge in [-0.05, 0) is 74.5 Å². The summed E-state index contributed by atoms with van der Waals surface area (Å²) in [5, 5.41) is 0. The summed E-state index contributed by atoms with van der Waals surface area (Å²) in [5.41, 5.74) is 4.73. The first-order valence-corrected chi connectivity index (χ1v) is 9.44. The fraction of sp³-hybridized carbons (Fsp3) is 0.810. The van der Waals surface area contributed by atoms with Crippen LogP contribution in [0, 0.1) is 28.6 Å². The number of hydrogen-bond donors (Lipinski definition) is 0. The van der Waals surface area contributed by atoms with Gasteiger partial charge in [0.2, 0.25) is 0 Å². The number of fused-ring (bicyclic) bond motifs is 4. The predicted octanol–water partition coefficient (Wildman–Crippen LogP) is 6.29. The maximum Gasteiger partial charge on any atom is 0.00656 e. The third-order valence-corrected chi connectivity index (χ3v) is 8.20. The highest BCUT2D eigenvalue weighted by molar-refractivity contribution is 5.36. The fourth-order valence-corrected chi connectivity index (χ4v) is 6.83. The second kappa shape index (κ2) is 4.74. The van der Waals surface area contributed by atoms with Gasteiger partial charge in [0.1, 0.15) is 0 Å². The van der Waals surface area contributed by atoms with E-state index in [0.717, 1.165) is 17.8 Å². The largest absolute Gasteiger partial charge is 0.102 e. The van der Waals surface area contributed by atoms with Crippen LogP contribution in [-0.2, 0) is 0 Å². The van der Waals surface area contributed by atoms with Crippen LogP contribution in [0.5, 0.6) is 0 Å². The maximum absolute atomic E-state index is 4.15. The van der Waals surface area contributed by atoms with Crippen molar-refractivity contribution < 1.29 is 0 Å². The van der Waals surface area contributed by atoms with E-state index in [0.29, 0.717) is 10.8 Å². The lowest BCUT2D eigenvalue weighted by Crippen LogP contribution is -2.47. The number of allylic oxidation sites excluding steroid dienone is 3. The molecule has 4 rings (SSSR count). The van der Waals surface area contributed by atoms with Crippen LogP contribution < -0.4 is 0 Å². The maximum atomic E-state index is 4.15. The average Bonchev–Trinajstić information content (AvgIpc) is 2.85. The van der Waals surface area contributed by atoms with E-state index in [1.165, 1.54) is 64.2 Å². The molecule has 0 N–H and O–H groups in total. The molecule has 0 heteroatoms. The molecule has 1 unspecified atom stereocenters. The zero-order chi connectivity index (χ0) is 14.7. The first-order valence-electron chi connectivity index (χ1n) is 9.44. The molecule has 0 saturated heterocycles. The van der Waals surface area contributed by atoms with Gasteiger partial charge in [-0.15, -0.1) is 6.58 Å². The molecule has 0 spiro atoms. The van der Waals surface area contributed by atoms with Gasteiger partial charge in [0.25, 0.3) is 0 Å². The van der Waals surface area contributed by atoms with Gasteiger partial charge in [0.05, 0.1) is 0 Å². The molecule has 116 valence electrons. The summed E-state index contributed by atoms with van der Waals surface area (Å²) in [6.45, 7) is 9.26. The Morgan fingerprint density at radius 1 is 1.00 bits per heavy atom. The Bertz CT molecular complexity index is 484. The molecule has 21 heavy (non-hydrogen) atoms. The zero-order valence-corrected chi connectivity index (χ0v) is 14.1. The van der Waals surface area contributed by atoms with Crippen LogP contribution in [0.15, 0.2) is 23.8 Å². The Morgan fingerprint density at radius 3 is 2.67 bits per heavy atom. The molecule has 0 radical (unpaired) electrons. The monoisotopic (exact) mass is 284 g/mol. The van der Waals surface area contributed by atoms with Gasteiger partial charge < -0.3 is 0 Å². The van der Waals surface area contributed by atoms with E-state index in [4.69, 9.17) is 0 Å².